The Kier molecular flexibility index (Phi) is 11.7. The number of aryl methyl sites for hydroxylation is 1. The zero-order valence-electron chi connectivity index (χ0n) is 22.4. The summed E-state index contributed by atoms with van der Waals surface area (Å²) in [4.78, 5) is 2.61. The Balaban J connectivity index is 1.63. The lowest BCUT2D eigenvalue weighted by molar-refractivity contribution is 0.228. The predicted molar refractivity (Wildman–Crippen MR) is 154 cm³/mol. The quantitative estimate of drug-likeness (QED) is 0.169. The van der Waals surface area contributed by atoms with Gasteiger partial charge in [0.15, 0.2) is 0 Å². The predicted octanol–water partition coefficient (Wildman–Crippen LogP) is 8.61. The molecule has 0 spiro atoms. The number of fused-ring (bicyclic) bond motifs is 1. The maximum Gasteiger partial charge on any atom is 0.133 e. The topological polar surface area (TPSA) is 16.9 Å². The smallest absolute Gasteiger partial charge is 0.133 e. The van der Waals surface area contributed by atoms with Gasteiger partial charge in [0.05, 0.1) is 11.1 Å². The minimum atomic E-state index is 0.760. The van der Waals surface area contributed by atoms with E-state index in [-0.39, 0.29) is 0 Å². The second-order valence-corrected chi connectivity index (χ2v) is 10.7. The van der Waals surface area contributed by atoms with Gasteiger partial charge in [-0.3, -0.25) is 0 Å². The fourth-order valence-corrected chi connectivity index (χ4v) is 5.45. The molecule has 2 heterocycles. The van der Waals surface area contributed by atoms with Crippen molar-refractivity contribution in [3.63, 3.8) is 0 Å². The van der Waals surface area contributed by atoms with Gasteiger partial charge >= 0.3 is 0 Å². The van der Waals surface area contributed by atoms with E-state index in [1.807, 2.05) is 0 Å². The van der Waals surface area contributed by atoms with Crippen molar-refractivity contribution >= 4 is 21.4 Å². The van der Waals surface area contributed by atoms with Gasteiger partial charge in [-0.25, -0.2) is 0 Å². The van der Waals surface area contributed by atoms with Crippen LogP contribution in [-0.2, 0) is 12.8 Å². The van der Waals surface area contributed by atoms with E-state index in [2.05, 4.69) is 95.5 Å². The molecule has 0 aliphatic rings. The number of hydrogen-bond donors (Lipinski definition) is 0. The van der Waals surface area contributed by atoms with Gasteiger partial charge in [-0.1, -0.05) is 52.2 Å². The Morgan fingerprint density at radius 2 is 1.60 bits per heavy atom. The zero-order valence-corrected chi connectivity index (χ0v) is 24.0. The van der Waals surface area contributed by atoms with Crippen LogP contribution in [0.25, 0.3) is 5.52 Å². The molecule has 0 radical (unpaired) electrons. The number of nitrogens with zero attached hydrogens (tertiary/aromatic N) is 2. The largest absolute Gasteiger partial charge is 0.492 e. The first-order valence-electron chi connectivity index (χ1n) is 13.8. The molecule has 192 valence electrons. The first-order chi connectivity index (χ1) is 17.1. The van der Waals surface area contributed by atoms with Crippen LogP contribution in [0.2, 0.25) is 0 Å². The molecule has 3 rings (SSSR count). The first-order valence-corrected chi connectivity index (χ1v) is 14.6. The molecular weight excluding hydrogens is 496 g/mol. The highest BCUT2D eigenvalue weighted by Gasteiger charge is 2.16. The SMILES string of the molecule is CCCCc1c(C)c2ccccn2c1Cc1ccc(OCCCN(CCCC)CCCC)c(Br)c1. The van der Waals surface area contributed by atoms with E-state index in [9.17, 15) is 0 Å². The molecule has 0 amide bonds. The van der Waals surface area contributed by atoms with Crippen LogP contribution in [0.1, 0.15) is 88.1 Å². The fourth-order valence-electron chi connectivity index (χ4n) is 4.91. The number of unbranched alkanes of at least 4 members (excludes halogenated alkanes) is 3. The number of rotatable bonds is 16. The van der Waals surface area contributed by atoms with Crippen molar-refractivity contribution in [3.8, 4) is 5.75 Å². The van der Waals surface area contributed by atoms with E-state index in [4.69, 9.17) is 4.74 Å². The summed E-state index contributed by atoms with van der Waals surface area (Å²) >= 11 is 3.78. The van der Waals surface area contributed by atoms with Crippen molar-refractivity contribution in [3.05, 3.63) is 69.5 Å². The van der Waals surface area contributed by atoms with Crippen LogP contribution in [0.15, 0.2) is 47.1 Å². The van der Waals surface area contributed by atoms with Crippen LogP contribution in [0.4, 0.5) is 0 Å². The molecule has 0 atom stereocenters. The molecule has 35 heavy (non-hydrogen) atoms. The minimum Gasteiger partial charge on any atom is -0.492 e. The number of aromatic nitrogens is 1. The molecule has 0 N–H and O–H groups in total. The van der Waals surface area contributed by atoms with Crippen LogP contribution in [-0.4, -0.2) is 35.5 Å². The molecule has 3 aromatic rings. The van der Waals surface area contributed by atoms with Crippen LogP contribution in [0.5, 0.6) is 5.75 Å². The second kappa shape index (κ2) is 14.7. The molecule has 4 heteroatoms. The van der Waals surface area contributed by atoms with Crippen molar-refractivity contribution in [2.45, 2.75) is 85.5 Å². The summed E-state index contributed by atoms with van der Waals surface area (Å²) in [6.07, 6.45) is 12.9. The number of halogens is 1. The Hall–Kier alpha value is -1.78. The van der Waals surface area contributed by atoms with Crippen molar-refractivity contribution in [2.24, 2.45) is 0 Å². The summed E-state index contributed by atoms with van der Waals surface area (Å²) in [6, 6.07) is 13.1. The van der Waals surface area contributed by atoms with Gasteiger partial charge in [-0.05, 0) is 109 Å². The van der Waals surface area contributed by atoms with Crippen molar-refractivity contribution < 1.29 is 4.74 Å². The Labute approximate surface area is 222 Å². The number of hydrogen-bond acceptors (Lipinski definition) is 2. The van der Waals surface area contributed by atoms with E-state index in [0.717, 1.165) is 42.6 Å². The molecular formula is C31H45BrN2O. The van der Waals surface area contributed by atoms with E-state index in [1.54, 1.807) is 0 Å². The summed E-state index contributed by atoms with van der Waals surface area (Å²) in [5.74, 6) is 0.949. The molecule has 3 nitrogen and oxygen atoms in total. The highest BCUT2D eigenvalue weighted by molar-refractivity contribution is 9.10. The van der Waals surface area contributed by atoms with Gasteiger partial charge in [-0.2, -0.15) is 0 Å². The lowest BCUT2D eigenvalue weighted by Crippen LogP contribution is -2.28. The Morgan fingerprint density at radius 3 is 2.29 bits per heavy atom. The first kappa shape index (κ1) is 27.8. The molecule has 0 aliphatic heterocycles. The third kappa shape index (κ3) is 7.85. The normalized spacial score (nSPS) is 11.6. The summed E-state index contributed by atoms with van der Waals surface area (Å²) in [5, 5.41) is 0. The fraction of sp³-hybridized carbons (Fsp3) is 0.548. The third-order valence-electron chi connectivity index (χ3n) is 7.02. The summed E-state index contributed by atoms with van der Waals surface area (Å²) in [5.41, 5.74) is 7.02. The van der Waals surface area contributed by atoms with Gasteiger partial charge in [0, 0.05) is 30.4 Å². The molecule has 0 saturated carbocycles. The highest BCUT2D eigenvalue weighted by atomic mass is 79.9. The summed E-state index contributed by atoms with van der Waals surface area (Å²) in [7, 11) is 0. The van der Waals surface area contributed by atoms with Crippen molar-refractivity contribution in [1.82, 2.24) is 9.30 Å². The van der Waals surface area contributed by atoms with Gasteiger partial charge in [0.25, 0.3) is 0 Å². The number of ether oxygens (including phenoxy) is 1. The maximum atomic E-state index is 6.17. The van der Waals surface area contributed by atoms with Gasteiger partial charge in [-0.15, -0.1) is 0 Å². The monoisotopic (exact) mass is 540 g/mol. The van der Waals surface area contributed by atoms with Gasteiger partial charge < -0.3 is 14.0 Å². The van der Waals surface area contributed by atoms with Gasteiger partial charge in [0.1, 0.15) is 5.75 Å². The standard InChI is InChI=1S/C31H45BrN2O/c1-5-8-14-27-25(4)29-15-11-12-21-34(29)30(27)24-26-16-17-31(28(32)23-26)35-22-13-20-33(18-9-6-2)19-10-7-3/h11-12,15-17,21,23H,5-10,13-14,18-20,22,24H2,1-4H3. The molecule has 0 saturated heterocycles. The van der Waals surface area contributed by atoms with Crippen LogP contribution in [0, 0.1) is 6.92 Å². The molecule has 0 unspecified atom stereocenters. The van der Waals surface area contributed by atoms with E-state index < -0.39 is 0 Å². The van der Waals surface area contributed by atoms with E-state index in [1.165, 1.54) is 79.5 Å². The maximum absolute atomic E-state index is 6.17. The molecule has 0 fully saturated rings. The van der Waals surface area contributed by atoms with Crippen LogP contribution < -0.4 is 4.74 Å². The highest BCUT2D eigenvalue weighted by Crippen LogP contribution is 2.30. The van der Waals surface area contributed by atoms with E-state index in [0.29, 0.717) is 0 Å². The molecule has 0 bridgehead atoms. The third-order valence-corrected chi connectivity index (χ3v) is 7.64. The Bertz CT molecular complexity index is 1030. The van der Waals surface area contributed by atoms with Crippen molar-refractivity contribution in [1.29, 1.82) is 0 Å². The Morgan fingerprint density at radius 1 is 0.886 bits per heavy atom. The van der Waals surface area contributed by atoms with Crippen LogP contribution in [0.3, 0.4) is 0 Å². The van der Waals surface area contributed by atoms with Crippen LogP contribution >= 0.6 is 15.9 Å². The number of benzene rings is 1. The molecule has 1 aromatic carbocycles. The molecule has 0 aliphatic carbocycles. The molecule has 2 aromatic heterocycles. The van der Waals surface area contributed by atoms with Crippen molar-refractivity contribution in [2.75, 3.05) is 26.2 Å². The van der Waals surface area contributed by atoms with Gasteiger partial charge in [0.2, 0.25) is 0 Å². The lowest BCUT2D eigenvalue weighted by atomic mass is 10.00. The van der Waals surface area contributed by atoms with E-state index >= 15 is 0 Å². The number of pyridine rings is 1. The summed E-state index contributed by atoms with van der Waals surface area (Å²) in [6.45, 7) is 13.4. The summed E-state index contributed by atoms with van der Waals surface area (Å²) < 4.78 is 9.62. The zero-order chi connectivity index (χ0) is 25.0. The average Bonchev–Trinajstić information content (AvgIpc) is 3.13. The lowest BCUT2D eigenvalue weighted by Gasteiger charge is -2.22. The minimum absolute atomic E-state index is 0.760. The average molecular weight is 542 g/mol. The second-order valence-electron chi connectivity index (χ2n) is 9.80.